The number of hydrogen-bond donors (Lipinski definition) is 2. The fraction of sp³-hybridized carbons (Fsp3) is 0.455. The van der Waals surface area contributed by atoms with Crippen molar-refractivity contribution in [3.63, 3.8) is 0 Å². The van der Waals surface area contributed by atoms with Gasteiger partial charge in [-0.1, -0.05) is 6.07 Å². The minimum absolute atomic E-state index is 0.150. The highest BCUT2D eigenvalue weighted by Crippen LogP contribution is 2.35. The van der Waals surface area contributed by atoms with Gasteiger partial charge >= 0.3 is 6.09 Å². The van der Waals surface area contributed by atoms with Crippen molar-refractivity contribution in [2.24, 2.45) is 0 Å². The van der Waals surface area contributed by atoms with E-state index in [1.807, 2.05) is 46.8 Å². The van der Waals surface area contributed by atoms with E-state index in [0.717, 1.165) is 42.0 Å². The average Bonchev–Trinajstić information content (AvgIpc) is 3.11. The minimum Gasteiger partial charge on any atom is -0.444 e. The lowest BCUT2D eigenvalue weighted by atomic mass is 9.87. The number of ether oxygens (including phenoxy) is 1. The van der Waals surface area contributed by atoms with Crippen LogP contribution in [0.3, 0.4) is 0 Å². The molecule has 0 bridgehead atoms. The minimum atomic E-state index is -0.527. The maximum atomic E-state index is 12.1. The van der Waals surface area contributed by atoms with E-state index >= 15 is 0 Å². The lowest BCUT2D eigenvalue weighted by molar-refractivity contribution is 0.0636. The normalized spacial score (nSPS) is 16.2. The molecule has 4 rings (SSSR count). The molecule has 0 fully saturated rings. The summed E-state index contributed by atoms with van der Waals surface area (Å²) < 4.78 is 7.12. The van der Waals surface area contributed by atoms with E-state index in [-0.39, 0.29) is 6.04 Å². The predicted octanol–water partition coefficient (Wildman–Crippen LogP) is 4.58. The Morgan fingerprint density at radius 3 is 2.83 bits per heavy atom. The van der Waals surface area contributed by atoms with Gasteiger partial charge in [-0.3, -0.25) is 5.32 Å². The Labute approximate surface area is 176 Å². The first kappa shape index (κ1) is 20.1. The van der Waals surface area contributed by atoms with Crippen LogP contribution in [-0.2, 0) is 11.2 Å². The van der Waals surface area contributed by atoms with Crippen molar-refractivity contribution in [1.29, 1.82) is 0 Å². The van der Waals surface area contributed by atoms with E-state index < -0.39 is 11.7 Å². The molecule has 1 unspecified atom stereocenters. The van der Waals surface area contributed by atoms with Gasteiger partial charge in [0, 0.05) is 16.9 Å². The van der Waals surface area contributed by atoms with Crippen LogP contribution in [0.2, 0.25) is 0 Å². The van der Waals surface area contributed by atoms with Crippen molar-refractivity contribution in [3.8, 4) is 0 Å². The summed E-state index contributed by atoms with van der Waals surface area (Å²) in [4.78, 5) is 20.8. The molecule has 2 aromatic heterocycles. The summed E-state index contributed by atoms with van der Waals surface area (Å²) in [6.45, 7) is 9.59. The number of benzene rings is 1. The zero-order valence-corrected chi connectivity index (χ0v) is 18.1. The summed E-state index contributed by atoms with van der Waals surface area (Å²) in [7, 11) is 0. The van der Waals surface area contributed by atoms with Crippen molar-refractivity contribution in [1.82, 2.24) is 19.6 Å². The van der Waals surface area contributed by atoms with Gasteiger partial charge in [-0.25, -0.2) is 9.78 Å². The van der Waals surface area contributed by atoms with Crippen molar-refractivity contribution in [3.05, 3.63) is 46.9 Å². The molecule has 158 valence electrons. The number of anilines is 2. The second-order valence-electron chi connectivity index (χ2n) is 8.77. The number of aromatic nitrogens is 4. The molecular weight excluding hydrogens is 380 g/mol. The van der Waals surface area contributed by atoms with E-state index in [4.69, 9.17) is 4.74 Å². The third kappa shape index (κ3) is 4.08. The highest BCUT2D eigenvalue weighted by Gasteiger charge is 2.23. The molecule has 2 N–H and O–H groups in total. The monoisotopic (exact) mass is 408 g/mol. The van der Waals surface area contributed by atoms with Crippen molar-refractivity contribution in [2.45, 2.75) is 65.5 Å². The Balaban J connectivity index is 1.59. The molecule has 0 saturated carbocycles. The third-order valence-electron chi connectivity index (χ3n) is 5.32. The number of nitrogens with one attached hydrogen (secondary N) is 2. The molecule has 1 aromatic carbocycles. The summed E-state index contributed by atoms with van der Waals surface area (Å²) in [5.41, 5.74) is 4.68. The first-order chi connectivity index (χ1) is 14.2. The van der Waals surface area contributed by atoms with Crippen LogP contribution in [0.4, 0.5) is 16.3 Å². The van der Waals surface area contributed by atoms with Crippen LogP contribution < -0.4 is 10.6 Å². The first-order valence-corrected chi connectivity index (χ1v) is 10.3. The lowest BCUT2D eigenvalue weighted by Gasteiger charge is -2.28. The average molecular weight is 409 g/mol. The van der Waals surface area contributed by atoms with Gasteiger partial charge in [-0.05, 0) is 77.1 Å². The van der Waals surface area contributed by atoms with Crippen molar-refractivity contribution in [2.75, 3.05) is 10.6 Å². The number of fused-ring (bicyclic) bond motifs is 2. The fourth-order valence-corrected chi connectivity index (χ4v) is 3.83. The molecule has 0 aliphatic heterocycles. The van der Waals surface area contributed by atoms with Gasteiger partial charge in [0.25, 0.3) is 5.78 Å². The number of rotatable bonds is 3. The molecule has 0 radical (unpaired) electrons. The van der Waals surface area contributed by atoms with E-state index in [9.17, 15) is 4.79 Å². The molecule has 1 amide bonds. The molecule has 1 aliphatic carbocycles. The van der Waals surface area contributed by atoms with Crippen molar-refractivity contribution >= 4 is 23.4 Å². The zero-order chi connectivity index (χ0) is 21.5. The lowest BCUT2D eigenvalue weighted by Crippen LogP contribution is -2.27. The molecule has 30 heavy (non-hydrogen) atoms. The van der Waals surface area contributed by atoms with E-state index in [2.05, 4.69) is 31.8 Å². The molecule has 2 heterocycles. The highest BCUT2D eigenvalue weighted by molar-refractivity contribution is 5.85. The maximum Gasteiger partial charge on any atom is 0.412 e. The van der Waals surface area contributed by atoms with Crippen LogP contribution in [0.25, 0.3) is 5.78 Å². The van der Waals surface area contributed by atoms with Crippen LogP contribution >= 0.6 is 0 Å². The maximum absolute atomic E-state index is 12.1. The molecular formula is C22H28N6O2. The van der Waals surface area contributed by atoms with Crippen LogP contribution in [0.5, 0.6) is 0 Å². The summed E-state index contributed by atoms with van der Waals surface area (Å²) in [5.74, 6) is 1.51. The number of carbonyl (C=O) groups is 1. The number of aryl methyl sites for hydroxylation is 2. The molecule has 1 atom stereocenters. The Hall–Kier alpha value is -3.16. The Kier molecular flexibility index (Phi) is 5.09. The second kappa shape index (κ2) is 7.59. The van der Waals surface area contributed by atoms with E-state index in [0.29, 0.717) is 5.78 Å². The van der Waals surface area contributed by atoms with Crippen LogP contribution in [0.15, 0.2) is 24.5 Å². The zero-order valence-electron chi connectivity index (χ0n) is 18.1. The van der Waals surface area contributed by atoms with Crippen molar-refractivity contribution < 1.29 is 9.53 Å². The topological polar surface area (TPSA) is 93.4 Å². The standard InChI is InChI=1S/C22H28N6O2/c1-13-14(2)25-20-23-12-24-28(20)19(13)27-18-8-6-7-15-11-16(9-10-17(15)18)26-21(29)30-22(3,4)5/h9-12,18,27H,6-8H2,1-5H3,(H,26,29). The Morgan fingerprint density at radius 1 is 1.27 bits per heavy atom. The molecule has 0 spiro atoms. The quantitative estimate of drug-likeness (QED) is 0.659. The summed E-state index contributed by atoms with van der Waals surface area (Å²) in [6.07, 6.45) is 4.14. The third-order valence-corrected chi connectivity index (χ3v) is 5.32. The first-order valence-electron chi connectivity index (χ1n) is 10.3. The Bertz CT molecular complexity index is 1100. The van der Waals surface area contributed by atoms with E-state index in [1.165, 1.54) is 17.5 Å². The molecule has 8 nitrogen and oxygen atoms in total. The molecule has 3 aromatic rings. The summed E-state index contributed by atoms with van der Waals surface area (Å²) >= 11 is 0. The van der Waals surface area contributed by atoms with E-state index in [1.54, 1.807) is 4.52 Å². The van der Waals surface area contributed by atoms with Gasteiger partial charge in [0.15, 0.2) is 0 Å². The largest absolute Gasteiger partial charge is 0.444 e. The molecule has 0 saturated heterocycles. The summed E-state index contributed by atoms with van der Waals surface area (Å²) in [6, 6.07) is 6.21. The van der Waals surface area contributed by atoms with Gasteiger partial charge < -0.3 is 10.1 Å². The number of carbonyl (C=O) groups excluding carboxylic acids is 1. The van der Waals surface area contributed by atoms with Crippen LogP contribution in [0, 0.1) is 13.8 Å². The molecule has 8 heteroatoms. The van der Waals surface area contributed by atoms with Gasteiger partial charge in [0.1, 0.15) is 17.7 Å². The van der Waals surface area contributed by atoms with Gasteiger partial charge in [-0.2, -0.15) is 14.6 Å². The van der Waals surface area contributed by atoms with Crippen LogP contribution in [-0.4, -0.2) is 31.3 Å². The number of nitrogens with zero attached hydrogens (tertiary/aromatic N) is 4. The second-order valence-corrected chi connectivity index (χ2v) is 8.77. The molecule has 1 aliphatic rings. The number of hydrogen-bond acceptors (Lipinski definition) is 6. The van der Waals surface area contributed by atoms with Crippen LogP contribution in [0.1, 0.15) is 62.0 Å². The highest BCUT2D eigenvalue weighted by atomic mass is 16.6. The smallest absolute Gasteiger partial charge is 0.412 e. The number of amides is 1. The summed E-state index contributed by atoms with van der Waals surface area (Å²) in [5, 5.41) is 10.9. The van der Waals surface area contributed by atoms with Gasteiger partial charge in [0.05, 0.1) is 6.04 Å². The predicted molar refractivity (Wildman–Crippen MR) is 116 cm³/mol. The van der Waals surface area contributed by atoms with Gasteiger partial charge in [-0.15, -0.1) is 0 Å². The van der Waals surface area contributed by atoms with Gasteiger partial charge in [0.2, 0.25) is 0 Å². The fourth-order valence-electron chi connectivity index (χ4n) is 3.83. The SMILES string of the molecule is Cc1nc2ncnn2c(NC2CCCc3cc(NC(=O)OC(C)(C)C)ccc32)c1C. The Morgan fingerprint density at radius 2 is 2.07 bits per heavy atom.